The largest absolute Gasteiger partial charge is 0.398 e. The maximum atomic E-state index is 8.85. The molecule has 21 heavy (non-hydrogen) atoms. The van der Waals surface area contributed by atoms with E-state index in [0.29, 0.717) is 16.4 Å². The van der Waals surface area contributed by atoms with Gasteiger partial charge in [0.2, 0.25) is 5.16 Å². The van der Waals surface area contributed by atoms with Crippen LogP contribution in [0.1, 0.15) is 5.56 Å². The highest BCUT2D eigenvalue weighted by Crippen LogP contribution is 2.31. The van der Waals surface area contributed by atoms with Crippen molar-refractivity contribution in [2.45, 2.75) is 10.1 Å². The topological polar surface area (TPSA) is 93.4 Å². The van der Waals surface area contributed by atoms with Gasteiger partial charge < -0.3 is 5.73 Å². The van der Waals surface area contributed by atoms with Gasteiger partial charge in [-0.3, -0.25) is 0 Å². The molecule has 0 aliphatic carbocycles. The molecule has 2 N–H and O–H groups in total. The highest BCUT2D eigenvalue weighted by atomic mass is 32.2. The summed E-state index contributed by atoms with van der Waals surface area (Å²) >= 11 is 1.35. The van der Waals surface area contributed by atoms with Gasteiger partial charge in [0.15, 0.2) is 0 Å². The molecule has 0 radical (unpaired) electrons. The fourth-order valence-electron chi connectivity index (χ4n) is 1.78. The zero-order chi connectivity index (χ0) is 14.7. The summed E-state index contributed by atoms with van der Waals surface area (Å²) in [5, 5.41) is 21.2. The Hall–Kier alpha value is -2.85. The SMILES string of the molecule is N#Cc1ccc(Sc2nnnn2-c2ccccc2)c(N)c1. The van der Waals surface area contributed by atoms with Crippen molar-refractivity contribution in [1.29, 1.82) is 5.26 Å². The zero-order valence-corrected chi connectivity index (χ0v) is 11.7. The van der Waals surface area contributed by atoms with E-state index in [0.717, 1.165) is 10.6 Å². The molecule has 7 heteroatoms. The first-order valence-electron chi connectivity index (χ1n) is 6.09. The quantitative estimate of drug-likeness (QED) is 0.745. The fraction of sp³-hybridized carbons (Fsp3) is 0. The lowest BCUT2D eigenvalue weighted by Crippen LogP contribution is -1.99. The van der Waals surface area contributed by atoms with Gasteiger partial charge in [0, 0.05) is 10.6 Å². The normalized spacial score (nSPS) is 10.2. The Balaban J connectivity index is 1.94. The summed E-state index contributed by atoms with van der Waals surface area (Å²) in [6, 6.07) is 16.8. The lowest BCUT2D eigenvalue weighted by molar-refractivity contribution is 0.756. The minimum Gasteiger partial charge on any atom is -0.398 e. The molecule has 0 spiro atoms. The number of hydrogen-bond acceptors (Lipinski definition) is 6. The molecule has 0 aliphatic heterocycles. The van der Waals surface area contributed by atoms with Gasteiger partial charge in [-0.2, -0.15) is 9.94 Å². The van der Waals surface area contributed by atoms with E-state index in [2.05, 4.69) is 21.6 Å². The van der Waals surface area contributed by atoms with Crippen LogP contribution >= 0.6 is 11.8 Å². The van der Waals surface area contributed by atoms with Crippen molar-refractivity contribution >= 4 is 17.4 Å². The molecule has 0 unspecified atom stereocenters. The molecule has 3 rings (SSSR count). The summed E-state index contributed by atoms with van der Waals surface area (Å²) in [7, 11) is 0. The monoisotopic (exact) mass is 294 g/mol. The van der Waals surface area contributed by atoms with Gasteiger partial charge in [0.05, 0.1) is 17.3 Å². The summed E-state index contributed by atoms with van der Waals surface area (Å²) < 4.78 is 1.64. The number of nitrogen functional groups attached to an aromatic ring is 1. The third-order valence-electron chi connectivity index (χ3n) is 2.78. The molecule has 0 fully saturated rings. The molecule has 2 aromatic carbocycles. The van der Waals surface area contributed by atoms with Crippen LogP contribution in [0.4, 0.5) is 5.69 Å². The maximum absolute atomic E-state index is 8.85. The van der Waals surface area contributed by atoms with Crippen LogP contribution in [0.15, 0.2) is 58.6 Å². The second-order valence-corrected chi connectivity index (χ2v) is 5.18. The highest BCUT2D eigenvalue weighted by molar-refractivity contribution is 7.99. The number of nitrogens with two attached hydrogens (primary N) is 1. The van der Waals surface area contributed by atoms with E-state index >= 15 is 0 Å². The Morgan fingerprint density at radius 1 is 1.14 bits per heavy atom. The fourth-order valence-corrected chi connectivity index (χ4v) is 2.60. The Labute approximate surface area is 125 Å². The molecule has 1 heterocycles. The molecule has 102 valence electrons. The number of para-hydroxylation sites is 1. The third kappa shape index (κ3) is 2.70. The molecular formula is C14H10N6S. The first-order chi connectivity index (χ1) is 10.3. The van der Waals surface area contributed by atoms with Crippen molar-refractivity contribution in [3.8, 4) is 11.8 Å². The Morgan fingerprint density at radius 2 is 1.95 bits per heavy atom. The average Bonchev–Trinajstić information content (AvgIpc) is 2.98. The number of benzene rings is 2. The molecule has 0 atom stereocenters. The Morgan fingerprint density at radius 3 is 2.67 bits per heavy atom. The van der Waals surface area contributed by atoms with Gasteiger partial charge in [-0.15, -0.1) is 5.10 Å². The molecule has 0 saturated heterocycles. The van der Waals surface area contributed by atoms with E-state index in [1.807, 2.05) is 30.3 Å². The molecular weight excluding hydrogens is 284 g/mol. The number of nitrogens with zero attached hydrogens (tertiary/aromatic N) is 5. The number of nitriles is 1. The minimum absolute atomic E-state index is 0.527. The van der Waals surface area contributed by atoms with Crippen molar-refractivity contribution in [2.24, 2.45) is 0 Å². The van der Waals surface area contributed by atoms with E-state index in [1.54, 1.807) is 22.9 Å². The zero-order valence-electron chi connectivity index (χ0n) is 10.8. The van der Waals surface area contributed by atoms with Crippen LogP contribution in [0, 0.1) is 11.3 Å². The summed E-state index contributed by atoms with van der Waals surface area (Å²) in [6.07, 6.45) is 0. The van der Waals surface area contributed by atoms with Gasteiger partial charge in [-0.05, 0) is 52.5 Å². The van der Waals surface area contributed by atoms with Gasteiger partial charge in [0.1, 0.15) is 0 Å². The molecule has 0 saturated carbocycles. The number of aromatic nitrogens is 4. The number of anilines is 1. The van der Waals surface area contributed by atoms with Crippen molar-refractivity contribution in [3.05, 3.63) is 54.1 Å². The highest BCUT2D eigenvalue weighted by Gasteiger charge is 2.11. The standard InChI is InChI=1S/C14H10N6S/c15-9-10-6-7-13(12(16)8-10)21-14-17-18-19-20(14)11-4-2-1-3-5-11/h1-8H,16H2. The second-order valence-electron chi connectivity index (χ2n) is 4.18. The van der Waals surface area contributed by atoms with Crippen LogP contribution in [0.2, 0.25) is 0 Å². The van der Waals surface area contributed by atoms with Crippen LogP contribution in [0.5, 0.6) is 0 Å². The number of tetrazole rings is 1. The van der Waals surface area contributed by atoms with Gasteiger partial charge in [0.25, 0.3) is 0 Å². The Bertz CT molecular complexity index is 806. The van der Waals surface area contributed by atoms with Crippen LogP contribution in [0.3, 0.4) is 0 Å². The van der Waals surface area contributed by atoms with E-state index in [-0.39, 0.29) is 0 Å². The minimum atomic E-state index is 0.527. The van der Waals surface area contributed by atoms with Crippen LogP contribution in [-0.2, 0) is 0 Å². The number of rotatable bonds is 3. The van der Waals surface area contributed by atoms with Crippen molar-refractivity contribution < 1.29 is 0 Å². The second kappa shape index (κ2) is 5.64. The van der Waals surface area contributed by atoms with E-state index in [4.69, 9.17) is 11.0 Å². The molecule has 3 aromatic rings. The van der Waals surface area contributed by atoms with Gasteiger partial charge in [-0.25, -0.2) is 0 Å². The van der Waals surface area contributed by atoms with E-state index in [1.165, 1.54) is 11.8 Å². The van der Waals surface area contributed by atoms with Crippen LogP contribution in [-0.4, -0.2) is 20.2 Å². The maximum Gasteiger partial charge on any atom is 0.218 e. The van der Waals surface area contributed by atoms with E-state index in [9.17, 15) is 0 Å². The van der Waals surface area contributed by atoms with Crippen molar-refractivity contribution in [3.63, 3.8) is 0 Å². The smallest absolute Gasteiger partial charge is 0.218 e. The summed E-state index contributed by atoms with van der Waals surface area (Å²) in [6.45, 7) is 0. The predicted molar refractivity (Wildman–Crippen MR) is 78.8 cm³/mol. The van der Waals surface area contributed by atoms with Crippen molar-refractivity contribution in [1.82, 2.24) is 20.2 Å². The average molecular weight is 294 g/mol. The molecule has 0 aliphatic rings. The predicted octanol–water partition coefficient (Wildman–Crippen LogP) is 2.27. The lowest BCUT2D eigenvalue weighted by Gasteiger charge is -2.06. The van der Waals surface area contributed by atoms with Crippen LogP contribution < -0.4 is 5.73 Å². The molecule has 1 aromatic heterocycles. The number of hydrogen-bond donors (Lipinski definition) is 1. The van der Waals surface area contributed by atoms with E-state index < -0.39 is 0 Å². The van der Waals surface area contributed by atoms with Crippen molar-refractivity contribution in [2.75, 3.05) is 5.73 Å². The first kappa shape index (κ1) is 13.1. The molecule has 0 bridgehead atoms. The summed E-state index contributed by atoms with van der Waals surface area (Å²) in [4.78, 5) is 0.806. The van der Waals surface area contributed by atoms with Crippen LogP contribution in [0.25, 0.3) is 5.69 Å². The summed E-state index contributed by atoms with van der Waals surface area (Å²) in [5.74, 6) is 0. The lowest BCUT2D eigenvalue weighted by atomic mass is 10.2. The Kier molecular flexibility index (Phi) is 3.53. The molecule has 6 nitrogen and oxygen atoms in total. The van der Waals surface area contributed by atoms with Gasteiger partial charge in [-0.1, -0.05) is 18.2 Å². The van der Waals surface area contributed by atoms with Gasteiger partial charge >= 0.3 is 0 Å². The first-order valence-corrected chi connectivity index (χ1v) is 6.91. The molecule has 0 amide bonds. The third-order valence-corrected chi connectivity index (χ3v) is 3.81. The summed E-state index contributed by atoms with van der Waals surface area (Å²) in [5.41, 5.74) is 7.88.